The Labute approximate surface area is 88.8 Å². The molecule has 1 atom stereocenters. The van der Waals surface area contributed by atoms with Crippen molar-refractivity contribution in [3.05, 3.63) is 0 Å². The van der Waals surface area contributed by atoms with Gasteiger partial charge in [-0.25, -0.2) is 0 Å². The summed E-state index contributed by atoms with van der Waals surface area (Å²) in [5, 5.41) is 2.20. The Morgan fingerprint density at radius 1 is 1.53 bits per heavy atom. The number of imide groups is 1. The van der Waals surface area contributed by atoms with E-state index in [4.69, 9.17) is 0 Å². The Morgan fingerprint density at radius 3 is 2.67 bits per heavy atom. The van der Waals surface area contributed by atoms with Crippen LogP contribution in [-0.4, -0.2) is 35.2 Å². The van der Waals surface area contributed by atoms with Crippen molar-refractivity contribution < 1.29 is 14.4 Å². The maximum absolute atomic E-state index is 11.7. The normalized spacial score (nSPS) is 21.9. The van der Waals surface area contributed by atoms with E-state index in [1.165, 1.54) is 4.90 Å². The van der Waals surface area contributed by atoms with E-state index >= 15 is 0 Å². The fraction of sp³-hybridized carbons (Fsp3) is 0.700. The van der Waals surface area contributed by atoms with Gasteiger partial charge in [0.1, 0.15) is 12.6 Å². The Bertz CT molecular complexity index is 299. The summed E-state index contributed by atoms with van der Waals surface area (Å²) in [6.45, 7) is 5.46. The molecule has 0 aromatic heterocycles. The first-order valence-electron chi connectivity index (χ1n) is 5.05. The molecule has 0 saturated carbocycles. The van der Waals surface area contributed by atoms with Crippen LogP contribution in [0.1, 0.15) is 27.2 Å². The molecule has 1 aliphatic rings. The average molecular weight is 212 g/mol. The highest BCUT2D eigenvalue weighted by Gasteiger charge is 2.33. The van der Waals surface area contributed by atoms with Gasteiger partial charge in [0.25, 0.3) is 0 Å². The van der Waals surface area contributed by atoms with E-state index in [1.54, 1.807) is 6.92 Å². The van der Waals surface area contributed by atoms with Crippen LogP contribution in [-0.2, 0) is 14.4 Å². The third-order valence-corrected chi connectivity index (χ3v) is 2.33. The molecule has 0 bridgehead atoms. The number of piperazine rings is 1. The molecule has 0 aromatic carbocycles. The molecule has 1 rings (SSSR count). The molecule has 1 saturated heterocycles. The zero-order chi connectivity index (χ0) is 11.6. The van der Waals surface area contributed by atoms with Crippen molar-refractivity contribution >= 4 is 17.7 Å². The average Bonchev–Trinajstić information content (AvgIpc) is 2.09. The van der Waals surface area contributed by atoms with Crippen molar-refractivity contribution in [1.29, 1.82) is 0 Å². The van der Waals surface area contributed by atoms with Gasteiger partial charge in [-0.3, -0.25) is 19.7 Å². The second-order valence-electron chi connectivity index (χ2n) is 4.21. The van der Waals surface area contributed by atoms with Crippen LogP contribution in [0.2, 0.25) is 0 Å². The number of amides is 3. The Balaban J connectivity index is 2.70. The van der Waals surface area contributed by atoms with Crippen LogP contribution in [0.25, 0.3) is 0 Å². The van der Waals surface area contributed by atoms with Gasteiger partial charge in [0, 0.05) is 6.42 Å². The van der Waals surface area contributed by atoms with Crippen LogP contribution in [0.5, 0.6) is 0 Å². The molecule has 1 aliphatic heterocycles. The first kappa shape index (κ1) is 11.7. The van der Waals surface area contributed by atoms with E-state index in [-0.39, 0.29) is 18.4 Å². The largest absolute Gasteiger partial charge is 0.322 e. The Morgan fingerprint density at radius 2 is 2.13 bits per heavy atom. The molecule has 0 aliphatic carbocycles. The zero-order valence-electron chi connectivity index (χ0n) is 9.24. The zero-order valence-corrected chi connectivity index (χ0v) is 9.24. The highest BCUT2D eigenvalue weighted by atomic mass is 16.2. The molecule has 15 heavy (non-hydrogen) atoms. The number of carbonyl (C=O) groups is 3. The van der Waals surface area contributed by atoms with E-state index in [0.29, 0.717) is 6.42 Å². The van der Waals surface area contributed by atoms with Gasteiger partial charge in [0.2, 0.25) is 17.7 Å². The lowest BCUT2D eigenvalue weighted by molar-refractivity contribution is -0.149. The molecule has 0 radical (unpaired) electrons. The van der Waals surface area contributed by atoms with Crippen molar-refractivity contribution in [2.45, 2.75) is 33.2 Å². The second-order valence-corrected chi connectivity index (χ2v) is 4.21. The summed E-state index contributed by atoms with van der Waals surface area (Å²) in [6, 6.07) is -0.547. The fourth-order valence-electron chi connectivity index (χ4n) is 1.49. The minimum atomic E-state index is -0.547. The van der Waals surface area contributed by atoms with Gasteiger partial charge >= 0.3 is 0 Å². The summed E-state index contributed by atoms with van der Waals surface area (Å²) < 4.78 is 0. The maximum Gasteiger partial charge on any atom is 0.249 e. The van der Waals surface area contributed by atoms with Crippen molar-refractivity contribution in [3.8, 4) is 0 Å². The van der Waals surface area contributed by atoms with Crippen LogP contribution < -0.4 is 5.32 Å². The van der Waals surface area contributed by atoms with Crippen molar-refractivity contribution in [3.63, 3.8) is 0 Å². The topological polar surface area (TPSA) is 66.5 Å². The van der Waals surface area contributed by atoms with Crippen molar-refractivity contribution in [2.24, 2.45) is 5.92 Å². The fourth-order valence-corrected chi connectivity index (χ4v) is 1.49. The van der Waals surface area contributed by atoms with Gasteiger partial charge < -0.3 is 4.90 Å². The SMILES string of the molecule is CC(C)CC(=O)N1CC(=O)NC(=O)C1C. The summed E-state index contributed by atoms with van der Waals surface area (Å²) in [5.41, 5.74) is 0. The summed E-state index contributed by atoms with van der Waals surface area (Å²) in [7, 11) is 0. The molecule has 0 spiro atoms. The number of nitrogens with one attached hydrogen (secondary N) is 1. The minimum absolute atomic E-state index is 0.0154. The summed E-state index contributed by atoms with van der Waals surface area (Å²) >= 11 is 0. The van der Waals surface area contributed by atoms with Crippen LogP contribution in [0.3, 0.4) is 0 Å². The smallest absolute Gasteiger partial charge is 0.249 e. The molecule has 1 unspecified atom stereocenters. The molecule has 5 nitrogen and oxygen atoms in total. The molecule has 5 heteroatoms. The molecular weight excluding hydrogens is 196 g/mol. The van der Waals surface area contributed by atoms with Gasteiger partial charge in [-0.05, 0) is 12.8 Å². The standard InChI is InChI=1S/C10H16N2O3/c1-6(2)4-9(14)12-5-8(13)11-10(15)7(12)3/h6-7H,4-5H2,1-3H3,(H,11,13,15). The lowest BCUT2D eigenvalue weighted by Crippen LogP contribution is -2.58. The van der Waals surface area contributed by atoms with E-state index in [2.05, 4.69) is 5.32 Å². The van der Waals surface area contributed by atoms with E-state index in [1.807, 2.05) is 13.8 Å². The monoisotopic (exact) mass is 212 g/mol. The van der Waals surface area contributed by atoms with Crippen LogP contribution in [0.4, 0.5) is 0 Å². The summed E-state index contributed by atoms with van der Waals surface area (Å²) in [6.07, 6.45) is 0.366. The molecule has 0 aromatic rings. The summed E-state index contributed by atoms with van der Waals surface area (Å²) in [4.78, 5) is 35.4. The quantitative estimate of drug-likeness (QED) is 0.650. The van der Waals surface area contributed by atoms with Gasteiger partial charge in [-0.15, -0.1) is 0 Å². The van der Waals surface area contributed by atoms with E-state index in [0.717, 1.165) is 0 Å². The third kappa shape index (κ3) is 2.78. The minimum Gasteiger partial charge on any atom is -0.322 e. The summed E-state index contributed by atoms with van der Waals surface area (Å²) in [5.74, 6) is -0.718. The first-order valence-corrected chi connectivity index (χ1v) is 5.05. The number of hydrogen-bond acceptors (Lipinski definition) is 3. The third-order valence-electron chi connectivity index (χ3n) is 2.33. The number of rotatable bonds is 2. The highest BCUT2D eigenvalue weighted by molar-refractivity contribution is 6.04. The van der Waals surface area contributed by atoms with Gasteiger partial charge in [0.15, 0.2) is 0 Å². The molecule has 1 fully saturated rings. The number of carbonyl (C=O) groups excluding carboxylic acids is 3. The molecule has 84 valence electrons. The lowest BCUT2D eigenvalue weighted by atomic mass is 10.1. The number of nitrogens with zero attached hydrogens (tertiary/aromatic N) is 1. The Kier molecular flexibility index (Phi) is 3.44. The predicted octanol–water partition coefficient (Wildman–Crippen LogP) is -0.0940. The van der Waals surface area contributed by atoms with Gasteiger partial charge in [-0.1, -0.05) is 13.8 Å². The number of hydrogen-bond donors (Lipinski definition) is 1. The molecule has 1 heterocycles. The van der Waals surface area contributed by atoms with Crippen molar-refractivity contribution in [1.82, 2.24) is 10.2 Å². The van der Waals surface area contributed by atoms with Crippen LogP contribution >= 0.6 is 0 Å². The highest BCUT2D eigenvalue weighted by Crippen LogP contribution is 2.10. The maximum atomic E-state index is 11.7. The first-order chi connectivity index (χ1) is 6.91. The van der Waals surface area contributed by atoms with Gasteiger partial charge in [-0.2, -0.15) is 0 Å². The van der Waals surface area contributed by atoms with Crippen molar-refractivity contribution in [2.75, 3.05) is 6.54 Å². The van der Waals surface area contributed by atoms with Crippen LogP contribution in [0, 0.1) is 5.92 Å². The second kappa shape index (κ2) is 4.42. The van der Waals surface area contributed by atoms with E-state index < -0.39 is 17.9 Å². The van der Waals surface area contributed by atoms with Crippen LogP contribution in [0.15, 0.2) is 0 Å². The molecular formula is C10H16N2O3. The van der Waals surface area contributed by atoms with Gasteiger partial charge in [0.05, 0.1) is 0 Å². The lowest BCUT2D eigenvalue weighted by Gasteiger charge is -2.32. The van der Waals surface area contributed by atoms with E-state index in [9.17, 15) is 14.4 Å². The molecule has 3 amide bonds. The Hall–Kier alpha value is -1.39. The molecule has 1 N–H and O–H groups in total. The predicted molar refractivity (Wildman–Crippen MR) is 53.8 cm³/mol.